The predicted molar refractivity (Wildman–Crippen MR) is 121 cm³/mol. The lowest BCUT2D eigenvalue weighted by Crippen LogP contribution is -2.29. The van der Waals surface area contributed by atoms with E-state index in [0.29, 0.717) is 39.8 Å². The zero-order valence-electron chi connectivity index (χ0n) is 17.2. The number of hydrogen-bond donors (Lipinski definition) is 1. The van der Waals surface area contributed by atoms with Gasteiger partial charge in [-0.3, -0.25) is 4.98 Å². The Balaban J connectivity index is 1.67. The molecule has 0 bridgehead atoms. The second-order valence-electron chi connectivity index (χ2n) is 7.03. The molecule has 3 heterocycles. The molecule has 3 aromatic rings. The molecule has 0 amide bonds. The monoisotopic (exact) mass is 455 g/mol. The van der Waals surface area contributed by atoms with Crippen molar-refractivity contribution < 1.29 is 9.53 Å². The maximum atomic E-state index is 12.9. The summed E-state index contributed by atoms with van der Waals surface area (Å²) in [6, 6.07) is 11.0. The van der Waals surface area contributed by atoms with Crippen molar-refractivity contribution in [2.45, 2.75) is 37.2 Å². The van der Waals surface area contributed by atoms with Crippen LogP contribution in [0.15, 0.2) is 65.2 Å². The van der Waals surface area contributed by atoms with Gasteiger partial charge in [0, 0.05) is 28.9 Å². The van der Waals surface area contributed by atoms with Gasteiger partial charge in [0.05, 0.1) is 12.2 Å². The topological polar surface area (TPSA) is 81.9 Å². The molecule has 0 fully saturated rings. The number of thioether (sulfide) groups is 1. The molecular weight excluding hydrogens is 434 g/mol. The number of anilines is 1. The van der Waals surface area contributed by atoms with E-state index in [1.165, 1.54) is 11.8 Å². The number of halogens is 1. The number of esters is 1. The molecule has 160 valence electrons. The van der Waals surface area contributed by atoms with Crippen molar-refractivity contribution in [2.75, 3.05) is 11.9 Å². The highest BCUT2D eigenvalue weighted by Gasteiger charge is 2.35. The summed E-state index contributed by atoms with van der Waals surface area (Å²) in [5, 5.41) is 9.22. The number of fused-ring (bicyclic) bond motifs is 1. The Morgan fingerprint density at radius 2 is 2.03 bits per heavy atom. The molecule has 2 aromatic heterocycles. The highest BCUT2D eigenvalue weighted by molar-refractivity contribution is 7.98. The molecule has 7 nitrogen and oxygen atoms in total. The van der Waals surface area contributed by atoms with E-state index >= 15 is 0 Å². The third-order valence-corrected chi connectivity index (χ3v) is 6.08. The fourth-order valence-corrected chi connectivity index (χ4v) is 4.46. The lowest BCUT2D eigenvalue weighted by atomic mass is 9.97. The first kappa shape index (κ1) is 21.4. The van der Waals surface area contributed by atoms with Crippen molar-refractivity contribution in [1.82, 2.24) is 19.7 Å². The summed E-state index contributed by atoms with van der Waals surface area (Å²) in [5.74, 6) is 0.856. The van der Waals surface area contributed by atoms with Crippen LogP contribution < -0.4 is 5.32 Å². The standard InChI is InChI=1S/C22H22ClN5O2S/c1-3-12-30-20(29)18-14(2)25-21-26-22(31-13-16-6-4-5-7-17(16)23)27-28(21)19(18)15-8-10-24-11-9-15/h4-11,19H,3,12-13H2,1-2H3,(H,25,26,27). The molecule has 9 heteroatoms. The summed E-state index contributed by atoms with van der Waals surface area (Å²) in [6.07, 6.45) is 4.15. The molecule has 0 saturated heterocycles. The number of nitrogens with zero attached hydrogens (tertiary/aromatic N) is 4. The van der Waals surface area contributed by atoms with E-state index in [1.807, 2.05) is 50.2 Å². The van der Waals surface area contributed by atoms with Gasteiger partial charge in [-0.25, -0.2) is 9.48 Å². The van der Waals surface area contributed by atoms with Crippen LogP contribution in [-0.4, -0.2) is 32.3 Å². The van der Waals surface area contributed by atoms with Gasteiger partial charge in [0.15, 0.2) is 0 Å². The van der Waals surface area contributed by atoms with Crippen molar-refractivity contribution >= 4 is 35.3 Å². The summed E-state index contributed by atoms with van der Waals surface area (Å²) >= 11 is 7.76. The van der Waals surface area contributed by atoms with E-state index < -0.39 is 6.04 Å². The summed E-state index contributed by atoms with van der Waals surface area (Å²) in [6.45, 7) is 4.18. The first-order valence-corrected chi connectivity index (χ1v) is 11.3. The Bertz CT molecular complexity index is 1120. The van der Waals surface area contributed by atoms with Gasteiger partial charge in [-0.2, -0.15) is 4.98 Å². The first-order valence-electron chi connectivity index (χ1n) is 9.96. The predicted octanol–water partition coefficient (Wildman–Crippen LogP) is 4.86. The molecule has 0 saturated carbocycles. The Morgan fingerprint density at radius 3 is 2.77 bits per heavy atom. The average molecular weight is 456 g/mol. The van der Waals surface area contributed by atoms with E-state index in [1.54, 1.807) is 17.1 Å². The van der Waals surface area contributed by atoms with Crippen molar-refractivity contribution in [3.8, 4) is 0 Å². The first-order chi connectivity index (χ1) is 15.1. The van der Waals surface area contributed by atoms with Crippen molar-refractivity contribution in [3.05, 3.63) is 76.2 Å². The van der Waals surface area contributed by atoms with Crippen LogP contribution in [-0.2, 0) is 15.3 Å². The van der Waals surface area contributed by atoms with E-state index in [9.17, 15) is 4.79 Å². The van der Waals surface area contributed by atoms with Crippen LogP contribution >= 0.6 is 23.4 Å². The fourth-order valence-electron chi connectivity index (χ4n) is 3.34. The number of nitrogens with one attached hydrogen (secondary N) is 1. The van der Waals surface area contributed by atoms with Gasteiger partial charge in [0.25, 0.3) is 0 Å². The smallest absolute Gasteiger partial charge is 0.338 e. The third kappa shape index (κ3) is 4.60. The molecule has 1 unspecified atom stereocenters. The zero-order chi connectivity index (χ0) is 21.8. The molecule has 1 atom stereocenters. The van der Waals surface area contributed by atoms with Crippen LogP contribution in [0.3, 0.4) is 0 Å². The fraction of sp³-hybridized carbons (Fsp3) is 0.273. The van der Waals surface area contributed by atoms with Gasteiger partial charge in [-0.05, 0) is 42.7 Å². The SMILES string of the molecule is CCCOC(=O)C1=C(C)Nc2nc(SCc3ccccc3Cl)nn2C1c1ccncc1. The van der Waals surface area contributed by atoms with Gasteiger partial charge in [0.1, 0.15) is 6.04 Å². The van der Waals surface area contributed by atoms with E-state index in [4.69, 9.17) is 21.4 Å². The number of aromatic nitrogens is 4. The Kier molecular flexibility index (Phi) is 6.58. The number of pyridine rings is 1. The number of carbonyl (C=O) groups excluding carboxylic acids is 1. The van der Waals surface area contributed by atoms with Crippen LogP contribution in [0.1, 0.15) is 37.4 Å². The molecule has 0 radical (unpaired) electrons. The van der Waals surface area contributed by atoms with E-state index in [-0.39, 0.29) is 5.97 Å². The molecule has 1 N–H and O–H groups in total. The minimum Gasteiger partial charge on any atom is -0.462 e. The Morgan fingerprint density at radius 1 is 1.26 bits per heavy atom. The second-order valence-corrected chi connectivity index (χ2v) is 8.38. The minimum absolute atomic E-state index is 0.361. The number of rotatable bonds is 7. The molecule has 31 heavy (non-hydrogen) atoms. The number of benzene rings is 1. The molecule has 1 aliphatic heterocycles. The van der Waals surface area contributed by atoms with Gasteiger partial charge in [0.2, 0.25) is 11.1 Å². The van der Waals surface area contributed by atoms with Gasteiger partial charge in [-0.1, -0.05) is 48.5 Å². The van der Waals surface area contributed by atoms with E-state index in [0.717, 1.165) is 17.5 Å². The van der Waals surface area contributed by atoms with Crippen molar-refractivity contribution in [3.63, 3.8) is 0 Å². The van der Waals surface area contributed by atoms with Crippen LogP contribution in [0.2, 0.25) is 5.02 Å². The van der Waals surface area contributed by atoms with Crippen LogP contribution in [0, 0.1) is 0 Å². The minimum atomic E-state index is -0.453. The molecule has 1 aromatic carbocycles. The molecule has 0 aliphatic carbocycles. The summed E-state index contributed by atoms with van der Waals surface area (Å²) in [5.41, 5.74) is 3.11. The van der Waals surface area contributed by atoms with Crippen molar-refractivity contribution in [2.24, 2.45) is 0 Å². The maximum absolute atomic E-state index is 12.9. The average Bonchev–Trinajstić information content (AvgIpc) is 3.18. The lowest BCUT2D eigenvalue weighted by molar-refractivity contribution is -0.139. The van der Waals surface area contributed by atoms with Crippen LogP contribution in [0.5, 0.6) is 0 Å². The van der Waals surface area contributed by atoms with Gasteiger partial charge >= 0.3 is 5.97 Å². The zero-order valence-corrected chi connectivity index (χ0v) is 18.8. The highest BCUT2D eigenvalue weighted by atomic mass is 35.5. The molecule has 1 aliphatic rings. The summed E-state index contributed by atoms with van der Waals surface area (Å²) in [7, 11) is 0. The van der Waals surface area contributed by atoms with Crippen LogP contribution in [0.4, 0.5) is 5.95 Å². The quantitative estimate of drug-likeness (QED) is 0.402. The molecule has 4 rings (SSSR count). The Hall–Kier alpha value is -2.84. The van der Waals surface area contributed by atoms with Gasteiger partial charge in [-0.15, -0.1) is 5.10 Å². The third-order valence-electron chi connectivity index (χ3n) is 4.83. The Labute approximate surface area is 189 Å². The maximum Gasteiger partial charge on any atom is 0.338 e. The summed E-state index contributed by atoms with van der Waals surface area (Å²) < 4.78 is 7.20. The normalized spacial score (nSPS) is 15.4. The largest absolute Gasteiger partial charge is 0.462 e. The number of carbonyl (C=O) groups is 1. The second kappa shape index (κ2) is 9.53. The summed E-state index contributed by atoms with van der Waals surface area (Å²) in [4.78, 5) is 21.6. The number of allylic oxidation sites excluding steroid dienone is 1. The molecular formula is C22H22ClN5O2S. The van der Waals surface area contributed by atoms with Gasteiger partial charge < -0.3 is 10.1 Å². The molecule has 0 spiro atoms. The lowest BCUT2D eigenvalue weighted by Gasteiger charge is -2.28. The number of hydrogen-bond acceptors (Lipinski definition) is 7. The van der Waals surface area contributed by atoms with Crippen LogP contribution in [0.25, 0.3) is 0 Å². The van der Waals surface area contributed by atoms with E-state index in [2.05, 4.69) is 15.3 Å². The highest BCUT2D eigenvalue weighted by Crippen LogP contribution is 2.37. The number of ether oxygens (including phenoxy) is 1. The van der Waals surface area contributed by atoms with Crippen molar-refractivity contribution in [1.29, 1.82) is 0 Å².